The minimum atomic E-state index is 0.286. The van der Waals surface area contributed by atoms with Crippen LogP contribution in [0.5, 0.6) is 0 Å². The van der Waals surface area contributed by atoms with E-state index in [9.17, 15) is 5.11 Å². The monoisotopic (exact) mass is 138 g/mol. The molecule has 0 aromatic carbocycles. The first kappa shape index (κ1) is 6.26. The van der Waals surface area contributed by atoms with Gasteiger partial charge in [0.15, 0.2) is 0 Å². The van der Waals surface area contributed by atoms with E-state index in [0.717, 1.165) is 5.92 Å². The molecule has 2 aliphatic carbocycles. The van der Waals surface area contributed by atoms with Crippen molar-refractivity contribution in [2.45, 2.75) is 32.6 Å². The molecule has 56 valence electrons. The lowest BCUT2D eigenvalue weighted by molar-refractivity contribution is 0.307. The average molecular weight is 138 g/mol. The first-order chi connectivity index (χ1) is 4.79. The summed E-state index contributed by atoms with van der Waals surface area (Å²) in [6.45, 7) is 1.93. The van der Waals surface area contributed by atoms with Crippen LogP contribution >= 0.6 is 0 Å². The van der Waals surface area contributed by atoms with E-state index in [1.54, 1.807) is 0 Å². The standard InChI is InChI=1S/C9H14O/c1-2-8(10)9-5-3-4-7(9)6-9/h2,7,10H,3-6H2,1H3/b8-2+. The Kier molecular flexibility index (Phi) is 1.11. The summed E-state index contributed by atoms with van der Waals surface area (Å²) in [4.78, 5) is 0. The predicted octanol–water partition coefficient (Wildman–Crippen LogP) is 2.64. The SMILES string of the molecule is C/C=C(/O)C12CCCC1C2. The summed E-state index contributed by atoms with van der Waals surface area (Å²) in [7, 11) is 0. The number of hydrogen-bond donors (Lipinski definition) is 1. The molecule has 1 N–H and O–H groups in total. The van der Waals surface area contributed by atoms with Crippen LogP contribution in [0.2, 0.25) is 0 Å². The van der Waals surface area contributed by atoms with Gasteiger partial charge in [0.2, 0.25) is 0 Å². The van der Waals surface area contributed by atoms with Gasteiger partial charge in [-0.15, -0.1) is 0 Å². The molecule has 2 saturated carbocycles. The first-order valence-corrected chi connectivity index (χ1v) is 4.15. The van der Waals surface area contributed by atoms with Gasteiger partial charge in [0.25, 0.3) is 0 Å². The van der Waals surface area contributed by atoms with Crippen molar-refractivity contribution in [2.24, 2.45) is 11.3 Å². The Hall–Kier alpha value is -0.460. The van der Waals surface area contributed by atoms with Crippen LogP contribution in [0.4, 0.5) is 0 Å². The van der Waals surface area contributed by atoms with Crippen LogP contribution in [-0.4, -0.2) is 5.11 Å². The Morgan fingerprint density at radius 1 is 1.70 bits per heavy atom. The van der Waals surface area contributed by atoms with Crippen molar-refractivity contribution in [3.63, 3.8) is 0 Å². The smallest absolute Gasteiger partial charge is 0.0944 e. The quantitative estimate of drug-likeness (QED) is 0.552. The van der Waals surface area contributed by atoms with Gasteiger partial charge in [-0.2, -0.15) is 0 Å². The second-order valence-corrected chi connectivity index (χ2v) is 3.62. The van der Waals surface area contributed by atoms with Crippen molar-refractivity contribution in [1.29, 1.82) is 0 Å². The molecule has 2 rings (SSSR count). The highest BCUT2D eigenvalue weighted by atomic mass is 16.3. The minimum Gasteiger partial charge on any atom is -0.512 e. The van der Waals surface area contributed by atoms with Gasteiger partial charge >= 0.3 is 0 Å². The van der Waals surface area contributed by atoms with Crippen molar-refractivity contribution < 1.29 is 5.11 Å². The molecule has 0 aromatic heterocycles. The van der Waals surface area contributed by atoms with Gasteiger partial charge in [0.1, 0.15) is 0 Å². The zero-order chi connectivity index (χ0) is 7.19. The molecule has 0 spiro atoms. The number of allylic oxidation sites excluding steroid dienone is 2. The molecule has 2 fully saturated rings. The van der Waals surface area contributed by atoms with Crippen LogP contribution in [0.1, 0.15) is 32.6 Å². The summed E-state index contributed by atoms with van der Waals surface area (Å²) in [5.41, 5.74) is 0.286. The fourth-order valence-corrected chi connectivity index (χ4v) is 2.46. The molecule has 2 atom stereocenters. The van der Waals surface area contributed by atoms with Gasteiger partial charge in [-0.1, -0.05) is 6.42 Å². The fraction of sp³-hybridized carbons (Fsp3) is 0.778. The molecule has 0 bridgehead atoms. The Morgan fingerprint density at radius 3 is 2.90 bits per heavy atom. The highest BCUT2D eigenvalue weighted by Crippen LogP contribution is 2.66. The Labute approximate surface area is 61.8 Å². The Bertz CT molecular complexity index is 183. The third kappa shape index (κ3) is 0.582. The first-order valence-electron chi connectivity index (χ1n) is 4.15. The molecule has 10 heavy (non-hydrogen) atoms. The van der Waals surface area contributed by atoms with E-state index in [0.29, 0.717) is 5.76 Å². The van der Waals surface area contributed by atoms with Gasteiger partial charge < -0.3 is 5.11 Å². The van der Waals surface area contributed by atoms with Crippen LogP contribution in [0.15, 0.2) is 11.8 Å². The molecule has 0 radical (unpaired) electrons. The highest BCUT2D eigenvalue weighted by molar-refractivity contribution is 5.21. The predicted molar refractivity (Wildman–Crippen MR) is 40.8 cm³/mol. The molecule has 2 unspecified atom stereocenters. The van der Waals surface area contributed by atoms with Crippen LogP contribution in [-0.2, 0) is 0 Å². The van der Waals surface area contributed by atoms with Gasteiger partial charge in [-0.25, -0.2) is 0 Å². The number of rotatable bonds is 1. The van der Waals surface area contributed by atoms with Crippen molar-refractivity contribution in [3.8, 4) is 0 Å². The summed E-state index contributed by atoms with van der Waals surface area (Å²) in [6.07, 6.45) is 7.02. The second kappa shape index (κ2) is 1.77. The average Bonchev–Trinajstić information content (AvgIpc) is 2.54. The van der Waals surface area contributed by atoms with E-state index < -0.39 is 0 Å². The van der Waals surface area contributed by atoms with Crippen LogP contribution in [0.25, 0.3) is 0 Å². The summed E-state index contributed by atoms with van der Waals surface area (Å²) in [6, 6.07) is 0. The molecule has 0 amide bonds. The van der Waals surface area contributed by atoms with E-state index in [4.69, 9.17) is 0 Å². The molecular weight excluding hydrogens is 124 g/mol. The molecule has 1 nitrogen and oxygen atoms in total. The topological polar surface area (TPSA) is 20.2 Å². The molecule has 0 aromatic rings. The van der Waals surface area contributed by atoms with Crippen LogP contribution < -0.4 is 0 Å². The molecule has 0 heterocycles. The van der Waals surface area contributed by atoms with Crippen molar-refractivity contribution in [1.82, 2.24) is 0 Å². The number of aliphatic hydroxyl groups is 1. The lowest BCUT2D eigenvalue weighted by atomic mass is 10.0. The van der Waals surface area contributed by atoms with E-state index in [-0.39, 0.29) is 5.41 Å². The third-order valence-corrected chi connectivity index (χ3v) is 3.19. The molecule has 2 aliphatic rings. The number of aliphatic hydroxyl groups excluding tert-OH is 1. The minimum absolute atomic E-state index is 0.286. The Morgan fingerprint density at radius 2 is 2.50 bits per heavy atom. The zero-order valence-corrected chi connectivity index (χ0v) is 6.43. The summed E-state index contributed by atoms with van der Waals surface area (Å²) in [5, 5.41) is 9.52. The Balaban J connectivity index is 2.18. The summed E-state index contributed by atoms with van der Waals surface area (Å²) < 4.78 is 0. The lowest BCUT2D eigenvalue weighted by Gasteiger charge is -2.09. The number of fused-ring (bicyclic) bond motifs is 1. The van der Waals surface area contributed by atoms with E-state index >= 15 is 0 Å². The van der Waals surface area contributed by atoms with Crippen LogP contribution in [0.3, 0.4) is 0 Å². The fourth-order valence-electron chi connectivity index (χ4n) is 2.46. The molecule has 0 saturated heterocycles. The van der Waals surface area contributed by atoms with E-state index in [1.807, 2.05) is 13.0 Å². The van der Waals surface area contributed by atoms with Gasteiger partial charge in [-0.05, 0) is 38.2 Å². The van der Waals surface area contributed by atoms with Crippen LogP contribution in [0, 0.1) is 11.3 Å². The molecule has 1 heteroatoms. The zero-order valence-electron chi connectivity index (χ0n) is 6.43. The van der Waals surface area contributed by atoms with Gasteiger partial charge in [0.05, 0.1) is 5.76 Å². The van der Waals surface area contributed by atoms with Crippen molar-refractivity contribution >= 4 is 0 Å². The molecular formula is C9H14O. The summed E-state index contributed by atoms with van der Waals surface area (Å²) >= 11 is 0. The largest absolute Gasteiger partial charge is 0.512 e. The maximum absolute atomic E-state index is 9.52. The van der Waals surface area contributed by atoms with Crippen molar-refractivity contribution in [2.75, 3.05) is 0 Å². The third-order valence-electron chi connectivity index (χ3n) is 3.19. The molecule has 0 aliphatic heterocycles. The van der Waals surface area contributed by atoms with E-state index in [1.165, 1.54) is 25.7 Å². The van der Waals surface area contributed by atoms with Gasteiger partial charge in [-0.3, -0.25) is 0 Å². The lowest BCUT2D eigenvalue weighted by Crippen LogP contribution is -2.01. The highest BCUT2D eigenvalue weighted by Gasteiger charge is 2.59. The summed E-state index contributed by atoms with van der Waals surface area (Å²) in [5.74, 6) is 1.50. The maximum atomic E-state index is 9.52. The maximum Gasteiger partial charge on any atom is 0.0944 e. The van der Waals surface area contributed by atoms with Crippen molar-refractivity contribution in [3.05, 3.63) is 11.8 Å². The number of hydrogen-bond acceptors (Lipinski definition) is 1. The van der Waals surface area contributed by atoms with Gasteiger partial charge in [0, 0.05) is 5.41 Å². The normalized spacial score (nSPS) is 45.3. The second-order valence-electron chi connectivity index (χ2n) is 3.62. The van der Waals surface area contributed by atoms with E-state index in [2.05, 4.69) is 0 Å².